The van der Waals surface area contributed by atoms with Gasteiger partial charge in [-0.05, 0) is 43.7 Å². The Hall–Kier alpha value is -1.62. The maximum absolute atomic E-state index is 11.2. The van der Waals surface area contributed by atoms with Gasteiger partial charge < -0.3 is 15.2 Å². The van der Waals surface area contributed by atoms with Gasteiger partial charge in [-0.3, -0.25) is 0 Å². The normalized spacial score (nSPS) is 17.7. The van der Waals surface area contributed by atoms with Gasteiger partial charge in [0.15, 0.2) is 0 Å². The molecule has 1 atom stereocenters. The second kappa shape index (κ2) is 6.89. The lowest BCUT2D eigenvalue weighted by Gasteiger charge is -2.29. The van der Waals surface area contributed by atoms with E-state index in [1.165, 1.54) is 0 Å². The number of hydrogen-bond donors (Lipinski definition) is 2. The predicted molar refractivity (Wildman–Crippen MR) is 81.9 cm³/mol. The van der Waals surface area contributed by atoms with Crippen LogP contribution >= 0.6 is 0 Å². The molecule has 0 spiro atoms. The van der Waals surface area contributed by atoms with Gasteiger partial charge in [-0.25, -0.2) is 9.78 Å². The highest BCUT2D eigenvalue weighted by atomic mass is 16.5. The molecule has 1 unspecified atom stereocenters. The van der Waals surface area contributed by atoms with Crippen LogP contribution in [0, 0.1) is 5.92 Å². The molecule has 5 nitrogen and oxygen atoms in total. The maximum Gasteiger partial charge on any atom is 0.335 e. The SMILES string of the molecule is CC(C)c1cc(C(=O)O)cc(NC(C)C2CCOCC2)n1. The molecule has 1 aromatic rings. The number of carboxylic acid groups (broad SMARTS) is 1. The number of nitrogens with zero attached hydrogens (tertiary/aromatic N) is 1. The summed E-state index contributed by atoms with van der Waals surface area (Å²) in [6.45, 7) is 7.76. The highest BCUT2D eigenvalue weighted by molar-refractivity contribution is 5.88. The number of pyridine rings is 1. The van der Waals surface area contributed by atoms with Crippen LogP contribution in [0.25, 0.3) is 0 Å². The third-order valence-electron chi connectivity index (χ3n) is 4.03. The minimum Gasteiger partial charge on any atom is -0.478 e. The van der Waals surface area contributed by atoms with E-state index in [4.69, 9.17) is 4.74 Å². The molecule has 0 aliphatic carbocycles. The van der Waals surface area contributed by atoms with E-state index >= 15 is 0 Å². The van der Waals surface area contributed by atoms with Crippen molar-refractivity contribution in [3.63, 3.8) is 0 Å². The first-order chi connectivity index (χ1) is 9.97. The van der Waals surface area contributed by atoms with E-state index < -0.39 is 5.97 Å². The highest BCUT2D eigenvalue weighted by Crippen LogP contribution is 2.23. The molecule has 0 radical (unpaired) electrons. The van der Waals surface area contributed by atoms with Crippen LogP contribution < -0.4 is 5.32 Å². The van der Waals surface area contributed by atoms with Gasteiger partial charge in [0.1, 0.15) is 5.82 Å². The molecule has 2 N–H and O–H groups in total. The summed E-state index contributed by atoms with van der Waals surface area (Å²) in [6.07, 6.45) is 2.06. The molecule has 2 heterocycles. The van der Waals surface area contributed by atoms with Gasteiger partial charge in [-0.1, -0.05) is 13.8 Å². The smallest absolute Gasteiger partial charge is 0.335 e. The van der Waals surface area contributed by atoms with Crippen molar-refractivity contribution in [3.8, 4) is 0 Å². The minimum absolute atomic E-state index is 0.197. The quantitative estimate of drug-likeness (QED) is 0.872. The third-order valence-corrected chi connectivity index (χ3v) is 4.03. The molecule has 0 aromatic carbocycles. The largest absolute Gasteiger partial charge is 0.478 e. The number of carbonyl (C=O) groups is 1. The van der Waals surface area contributed by atoms with Crippen LogP contribution in [0.5, 0.6) is 0 Å². The predicted octanol–water partition coefficient (Wildman–Crippen LogP) is 3.13. The maximum atomic E-state index is 11.2. The Bertz CT molecular complexity index is 496. The van der Waals surface area contributed by atoms with E-state index in [2.05, 4.69) is 17.2 Å². The number of rotatable bonds is 5. The molecule has 0 bridgehead atoms. The van der Waals surface area contributed by atoms with E-state index in [9.17, 15) is 9.90 Å². The molecule has 1 aliphatic heterocycles. The van der Waals surface area contributed by atoms with Crippen LogP contribution in [0.15, 0.2) is 12.1 Å². The molecule has 2 rings (SSSR count). The molecule has 116 valence electrons. The van der Waals surface area contributed by atoms with Gasteiger partial charge >= 0.3 is 5.97 Å². The average Bonchev–Trinajstić information content (AvgIpc) is 2.47. The minimum atomic E-state index is -0.916. The molecular weight excluding hydrogens is 268 g/mol. The number of anilines is 1. The van der Waals surface area contributed by atoms with E-state index in [1.807, 2.05) is 13.8 Å². The Morgan fingerprint density at radius 3 is 2.57 bits per heavy atom. The van der Waals surface area contributed by atoms with Crippen molar-refractivity contribution in [2.75, 3.05) is 18.5 Å². The topological polar surface area (TPSA) is 71.5 Å². The van der Waals surface area contributed by atoms with Gasteiger partial charge in [0.2, 0.25) is 0 Å². The first-order valence-corrected chi connectivity index (χ1v) is 7.57. The van der Waals surface area contributed by atoms with Crippen molar-refractivity contribution in [2.45, 2.75) is 45.6 Å². The first-order valence-electron chi connectivity index (χ1n) is 7.57. The summed E-state index contributed by atoms with van der Waals surface area (Å²) >= 11 is 0. The zero-order valence-corrected chi connectivity index (χ0v) is 12.9. The summed E-state index contributed by atoms with van der Waals surface area (Å²) in [5.74, 6) is 0.471. The first kappa shape index (κ1) is 15.8. The van der Waals surface area contributed by atoms with Gasteiger partial charge in [0, 0.05) is 24.9 Å². The Kier molecular flexibility index (Phi) is 5.17. The van der Waals surface area contributed by atoms with E-state index in [0.29, 0.717) is 11.7 Å². The number of aromatic nitrogens is 1. The van der Waals surface area contributed by atoms with Crippen LogP contribution in [0.2, 0.25) is 0 Å². The van der Waals surface area contributed by atoms with Crippen molar-refractivity contribution in [3.05, 3.63) is 23.4 Å². The Labute approximate surface area is 125 Å². The highest BCUT2D eigenvalue weighted by Gasteiger charge is 2.21. The van der Waals surface area contributed by atoms with Crippen molar-refractivity contribution in [2.24, 2.45) is 5.92 Å². The number of hydrogen-bond acceptors (Lipinski definition) is 4. The van der Waals surface area contributed by atoms with Crippen molar-refractivity contribution in [1.82, 2.24) is 4.98 Å². The molecule has 1 aliphatic rings. The molecule has 1 saturated heterocycles. The van der Waals surface area contributed by atoms with Crippen molar-refractivity contribution >= 4 is 11.8 Å². The molecule has 0 saturated carbocycles. The average molecular weight is 292 g/mol. The van der Waals surface area contributed by atoms with E-state index in [0.717, 1.165) is 31.7 Å². The number of nitrogens with one attached hydrogen (secondary N) is 1. The Balaban J connectivity index is 2.15. The van der Waals surface area contributed by atoms with Gasteiger partial charge in [-0.2, -0.15) is 0 Å². The number of carboxylic acids is 1. The lowest BCUT2D eigenvalue weighted by molar-refractivity contribution is 0.0622. The van der Waals surface area contributed by atoms with Crippen LogP contribution in [0.3, 0.4) is 0 Å². The summed E-state index contributed by atoms with van der Waals surface area (Å²) in [6, 6.07) is 3.52. The van der Waals surface area contributed by atoms with Crippen molar-refractivity contribution < 1.29 is 14.6 Å². The van der Waals surface area contributed by atoms with Crippen LogP contribution in [0.1, 0.15) is 55.6 Å². The lowest BCUT2D eigenvalue weighted by Crippen LogP contribution is -2.31. The van der Waals surface area contributed by atoms with Crippen LogP contribution in [-0.4, -0.2) is 35.3 Å². The number of ether oxygens (including phenoxy) is 1. The van der Waals surface area contributed by atoms with E-state index in [-0.39, 0.29) is 17.5 Å². The van der Waals surface area contributed by atoms with Gasteiger partial charge in [0.25, 0.3) is 0 Å². The van der Waals surface area contributed by atoms with Crippen LogP contribution in [-0.2, 0) is 4.74 Å². The van der Waals surface area contributed by atoms with Gasteiger partial charge in [-0.15, -0.1) is 0 Å². The standard InChI is InChI=1S/C16H24N2O3/c1-10(2)14-8-13(16(19)20)9-15(18-14)17-11(3)12-4-6-21-7-5-12/h8-12H,4-7H2,1-3H3,(H,17,18)(H,19,20). The van der Waals surface area contributed by atoms with Gasteiger partial charge in [0.05, 0.1) is 5.56 Å². The fourth-order valence-electron chi connectivity index (χ4n) is 2.61. The fraction of sp³-hybridized carbons (Fsp3) is 0.625. The summed E-state index contributed by atoms with van der Waals surface area (Å²) in [5.41, 5.74) is 1.09. The second-order valence-electron chi connectivity index (χ2n) is 6.01. The lowest BCUT2D eigenvalue weighted by atomic mass is 9.93. The Morgan fingerprint density at radius 1 is 1.33 bits per heavy atom. The molecule has 5 heteroatoms. The third kappa shape index (κ3) is 4.17. The fourth-order valence-corrected chi connectivity index (χ4v) is 2.61. The summed E-state index contributed by atoms with van der Waals surface area (Å²) in [5, 5.41) is 12.6. The zero-order valence-electron chi connectivity index (χ0n) is 12.9. The monoisotopic (exact) mass is 292 g/mol. The zero-order chi connectivity index (χ0) is 15.4. The molecule has 0 amide bonds. The second-order valence-corrected chi connectivity index (χ2v) is 6.01. The summed E-state index contributed by atoms with van der Waals surface area (Å²) in [7, 11) is 0. The van der Waals surface area contributed by atoms with Crippen molar-refractivity contribution in [1.29, 1.82) is 0 Å². The summed E-state index contributed by atoms with van der Waals surface area (Å²) < 4.78 is 5.38. The van der Waals surface area contributed by atoms with E-state index in [1.54, 1.807) is 12.1 Å². The molecular formula is C16H24N2O3. The van der Waals surface area contributed by atoms with Crippen LogP contribution in [0.4, 0.5) is 5.82 Å². The molecule has 1 fully saturated rings. The summed E-state index contributed by atoms with van der Waals surface area (Å²) in [4.78, 5) is 15.8. The number of aromatic carboxylic acids is 1. The molecule has 21 heavy (non-hydrogen) atoms. The Morgan fingerprint density at radius 2 is 2.00 bits per heavy atom. The molecule has 1 aromatic heterocycles.